The number of rotatable bonds is 5. The number of hydrogen-bond acceptors (Lipinski definition) is 4. The third-order valence-electron chi connectivity index (χ3n) is 4.84. The number of fused-ring (bicyclic) bond motifs is 1. The molecule has 1 unspecified atom stereocenters. The Balaban J connectivity index is 1.39. The molecule has 0 saturated carbocycles. The van der Waals surface area contributed by atoms with E-state index in [0.29, 0.717) is 32.7 Å². The lowest BCUT2D eigenvalue weighted by atomic mass is 9.99. The molecule has 1 fully saturated rings. The summed E-state index contributed by atoms with van der Waals surface area (Å²) in [7, 11) is 0. The Morgan fingerprint density at radius 3 is 2.96 bits per heavy atom. The molecule has 0 N–H and O–H groups in total. The molecule has 0 spiro atoms. The largest absolute Gasteiger partial charge is 0.374 e. The molecule has 6 nitrogen and oxygen atoms in total. The number of aryl methyl sites for hydroxylation is 1. The summed E-state index contributed by atoms with van der Waals surface area (Å²) in [5, 5.41) is 6.54. The van der Waals surface area contributed by atoms with Gasteiger partial charge in [-0.1, -0.05) is 42.5 Å². The summed E-state index contributed by atoms with van der Waals surface area (Å²) < 4.78 is 7.63. The summed E-state index contributed by atoms with van der Waals surface area (Å²) in [6.45, 7) is 2.44. The molecule has 0 bridgehead atoms. The third kappa shape index (κ3) is 3.75. The first-order valence-corrected chi connectivity index (χ1v) is 8.98. The van der Waals surface area contributed by atoms with E-state index in [0.717, 1.165) is 6.42 Å². The first-order chi connectivity index (χ1) is 12.8. The number of amides is 1. The second kappa shape index (κ2) is 7.66. The fraction of sp³-hybridized carbons (Fsp3) is 0.350. The van der Waals surface area contributed by atoms with Gasteiger partial charge < -0.3 is 9.64 Å². The molecule has 1 saturated heterocycles. The van der Waals surface area contributed by atoms with Gasteiger partial charge in [0.25, 0.3) is 0 Å². The van der Waals surface area contributed by atoms with Gasteiger partial charge in [0.05, 0.1) is 19.3 Å². The predicted molar refractivity (Wildman–Crippen MR) is 98.6 cm³/mol. The van der Waals surface area contributed by atoms with E-state index in [2.05, 4.69) is 52.5 Å². The average Bonchev–Trinajstić information content (AvgIpc) is 3.20. The molecule has 134 valence electrons. The highest BCUT2D eigenvalue weighted by molar-refractivity contribution is 5.85. The minimum absolute atomic E-state index is 0.0323. The van der Waals surface area contributed by atoms with E-state index in [-0.39, 0.29) is 12.0 Å². The number of ether oxygens (including phenoxy) is 1. The molecule has 6 heteroatoms. The lowest BCUT2D eigenvalue weighted by molar-refractivity contribution is -0.139. The summed E-state index contributed by atoms with van der Waals surface area (Å²) in [5.41, 5.74) is 1.27. The number of nitrogens with zero attached hydrogens (tertiary/aromatic N) is 4. The van der Waals surface area contributed by atoms with Gasteiger partial charge in [0.1, 0.15) is 12.7 Å². The zero-order valence-corrected chi connectivity index (χ0v) is 14.6. The molecular weight excluding hydrogens is 328 g/mol. The molecule has 2 heterocycles. The Kier molecular flexibility index (Phi) is 4.93. The highest BCUT2D eigenvalue weighted by atomic mass is 16.5. The van der Waals surface area contributed by atoms with E-state index >= 15 is 0 Å². The van der Waals surface area contributed by atoms with Crippen LogP contribution in [0.15, 0.2) is 55.1 Å². The fourth-order valence-corrected chi connectivity index (χ4v) is 3.50. The van der Waals surface area contributed by atoms with E-state index in [4.69, 9.17) is 4.74 Å². The van der Waals surface area contributed by atoms with Gasteiger partial charge in [0.15, 0.2) is 0 Å². The van der Waals surface area contributed by atoms with Crippen LogP contribution < -0.4 is 0 Å². The molecule has 1 aliphatic rings. The van der Waals surface area contributed by atoms with Gasteiger partial charge in [-0.15, -0.1) is 0 Å². The Morgan fingerprint density at radius 1 is 1.19 bits per heavy atom. The second-order valence-corrected chi connectivity index (χ2v) is 6.58. The maximum atomic E-state index is 12.5. The minimum Gasteiger partial charge on any atom is -0.374 e. The van der Waals surface area contributed by atoms with E-state index in [1.807, 2.05) is 4.90 Å². The molecule has 4 rings (SSSR count). The van der Waals surface area contributed by atoms with Crippen LogP contribution in [0.1, 0.15) is 12.0 Å². The highest BCUT2D eigenvalue weighted by Crippen LogP contribution is 2.21. The number of carbonyl (C=O) groups is 1. The van der Waals surface area contributed by atoms with Crippen molar-refractivity contribution in [2.75, 3.05) is 19.7 Å². The van der Waals surface area contributed by atoms with E-state index in [9.17, 15) is 4.79 Å². The van der Waals surface area contributed by atoms with Crippen LogP contribution in [0.2, 0.25) is 0 Å². The number of aromatic nitrogens is 3. The minimum atomic E-state index is 0.0323. The first-order valence-electron chi connectivity index (χ1n) is 8.98. The normalized spacial score (nSPS) is 17.5. The Labute approximate surface area is 152 Å². The van der Waals surface area contributed by atoms with Crippen LogP contribution in [0.4, 0.5) is 0 Å². The van der Waals surface area contributed by atoms with Crippen LogP contribution in [-0.2, 0) is 22.5 Å². The SMILES string of the molecule is O=C(CCn1cncn1)N1CCOC(Cc2cccc3ccccc23)C1. The summed E-state index contributed by atoms with van der Waals surface area (Å²) >= 11 is 0. The van der Waals surface area contributed by atoms with Crippen molar-refractivity contribution in [3.8, 4) is 0 Å². The van der Waals surface area contributed by atoms with Crippen molar-refractivity contribution < 1.29 is 9.53 Å². The molecule has 3 aromatic rings. The molecule has 0 aliphatic carbocycles. The topological polar surface area (TPSA) is 60.2 Å². The van der Waals surface area contributed by atoms with Gasteiger partial charge >= 0.3 is 0 Å². The summed E-state index contributed by atoms with van der Waals surface area (Å²) in [4.78, 5) is 18.3. The Morgan fingerprint density at radius 2 is 2.08 bits per heavy atom. The fourth-order valence-electron chi connectivity index (χ4n) is 3.50. The molecule has 1 aromatic heterocycles. The van der Waals surface area contributed by atoms with Crippen LogP contribution in [0.25, 0.3) is 10.8 Å². The number of hydrogen-bond donors (Lipinski definition) is 0. The lowest BCUT2D eigenvalue weighted by Gasteiger charge is -2.33. The zero-order valence-electron chi connectivity index (χ0n) is 14.6. The van der Waals surface area contributed by atoms with Crippen molar-refractivity contribution in [1.29, 1.82) is 0 Å². The molecule has 26 heavy (non-hydrogen) atoms. The van der Waals surface area contributed by atoms with Crippen molar-refractivity contribution in [3.63, 3.8) is 0 Å². The maximum Gasteiger partial charge on any atom is 0.224 e. The molecule has 0 radical (unpaired) electrons. The van der Waals surface area contributed by atoms with Crippen LogP contribution in [-0.4, -0.2) is 51.4 Å². The van der Waals surface area contributed by atoms with Gasteiger partial charge in [0.2, 0.25) is 5.91 Å². The van der Waals surface area contributed by atoms with Crippen molar-refractivity contribution in [1.82, 2.24) is 19.7 Å². The average molecular weight is 350 g/mol. The quantitative estimate of drug-likeness (QED) is 0.708. The number of morpholine rings is 1. The van der Waals surface area contributed by atoms with Crippen molar-refractivity contribution in [2.45, 2.75) is 25.5 Å². The summed E-state index contributed by atoms with van der Waals surface area (Å²) in [5.74, 6) is 0.145. The van der Waals surface area contributed by atoms with E-state index in [1.54, 1.807) is 11.0 Å². The lowest BCUT2D eigenvalue weighted by Crippen LogP contribution is -2.46. The number of carbonyl (C=O) groups excluding carboxylic acids is 1. The first kappa shape index (κ1) is 16.7. The molecule has 1 atom stereocenters. The maximum absolute atomic E-state index is 12.5. The Hall–Kier alpha value is -2.73. The molecule has 2 aromatic carbocycles. The second-order valence-electron chi connectivity index (χ2n) is 6.58. The zero-order chi connectivity index (χ0) is 17.8. The van der Waals surface area contributed by atoms with E-state index < -0.39 is 0 Å². The van der Waals surface area contributed by atoms with Gasteiger partial charge in [0, 0.05) is 25.9 Å². The summed E-state index contributed by atoms with van der Waals surface area (Å²) in [6.07, 6.45) is 4.40. The van der Waals surface area contributed by atoms with Crippen LogP contribution in [0.3, 0.4) is 0 Å². The molecular formula is C20H22N4O2. The van der Waals surface area contributed by atoms with Crippen molar-refractivity contribution >= 4 is 16.7 Å². The Bertz CT molecular complexity index is 873. The predicted octanol–water partition coefficient (Wildman–Crippen LogP) is 2.29. The third-order valence-corrected chi connectivity index (χ3v) is 4.84. The van der Waals surface area contributed by atoms with Crippen molar-refractivity contribution in [3.05, 3.63) is 60.7 Å². The van der Waals surface area contributed by atoms with Gasteiger partial charge in [-0.25, -0.2) is 4.98 Å². The number of benzene rings is 2. The standard InChI is InChI=1S/C20H22N4O2/c25-20(8-9-24-15-21-14-22-24)23-10-11-26-18(13-23)12-17-6-3-5-16-4-1-2-7-19(16)17/h1-7,14-15,18H,8-13H2. The monoisotopic (exact) mass is 350 g/mol. The van der Waals surface area contributed by atoms with Crippen LogP contribution in [0.5, 0.6) is 0 Å². The van der Waals surface area contributed by atoms with Crippen LogP contribution in [0, 0.1) is 0 Å². The molecule has 1 aliphatic heterocycles. The van der Waals surface area contributed by atoms with Crippen molar-refractivity contribution in [2.24, 2.45) is 0 Å². The summed E-state index contributed by atoms with van der Waals surface area (Å²) in [6, 6.07) is 14.8. The van der Waals surface area contributed by atoms with E-state index in [1.165, 1.54) is 22.7 Å². The highest BCUT2D eigenvalue weighted by Gasteiger charge is 2.24. The van der Waals surface area contributed by atoms with Crippen LogP contribution >= 0.6 is 0 Å². The van der Waals surface area contributed by atoms with Gasteiger partial charge in [-0.2, -0.15) is 5.10 Å². The van der Waals surface area contributed by atoms with Gasteiger partial charge in [-0.3, -0.25) is 9.48 Å². The smallest absolute Gasteiger partial charge is 0.224 e. The molecule has 1 amide bonds. The van der Waals surface area contributed by atoms with Gasteiger partial charge in [-0.05, 0) is 16.3 Å².